The summed E-state index contributed by atoms with van der Waals surface area (Å²) in [6.45, 7) is 5.88. The van der Waals surface area contributed by atoms with Crippen LogP contribution in [0.1, 0.15) is 24.6 Å². The van der Waals surface area contributed by atoms with Gasteiger partial charge in [0, 0.05) is 63.8 Å². The standard InChI is InChI=1S/C28H31ClN8O2/c1-2-39-24-8-6-21(7-9-24)17-32-27(38)15-23-19-35(18-22-5-3-4-10-31-22)13-14-37(23)26-16-25(29)33-28(34-26)36-12-11-30-20-36/h3-12,16,20,23H,2,13-15,17-19H2,1H3,(H,32,38). The Kier molecular flexibility index (Phi) is 8.65. The first-order chi connectivity index (χ1) is 19.1. The summed E-state index contributed by atoms with van der Waals surface area (Å²) in [7, 11) is 0. The zero-order chi connectivity index (χ0) is 27.0. The van der Waals surface area contributed by atoms with E-state index in [9.17, 15) is 4.79 Å². The highest BCUT2D eigenvalue weighted by Crippen LogP contribution is 2.25. The molecule has 4 aromatic rings. The maximum atomic E-state index is 13.2. The van der Waals surface area contributed by atoms with Gasteiger partial charge in [0.05, 0.1) is 18.3 Å². The number of carbonyl (C=O) groups is 1. The Labute approximate surface area is 232 Å². The smallest absolute Gasteiger partial charge is 0.238 e. The number of ether oxygens (including phenoxy) is 1. The average molecular weight is 547 g/mol. The molecular formula is C28H31ClN8O2. The lowest BCUT2D eigenvalue weighted by Crippen LogP contribution is -2.54. The Hall–Kier alpha value is -4.02. The molecule has 5 rings (SSSR count). The molecule has 0 aliphatic carbocycles. The molecule has 3 aromatic heterocycles. The van der Waals surface area contributed by atoms with E-state index in [1.165, 1.54) is 0 Å². The van der Waals surface area contributed by atoms with E-state index in [-0.39, 0.29) is 11.9 Å². The van der Waals surface area contributed by atoms with Gasteiger partial charge in [-0.25, -0.2) is 9.97 Å². The topological polar surface area (TPSA) is 101 Å². The first-order valence-corrected chi connectivity index (χ1v) is 13.4. The Balaban J connectivity index is 1.31. The molecule has 1 unspecified atom stereocenters. The predicted octanol–water partition coefficient (Wildman–Crippen LogP) is 3.51. The largest absolute Gasteiger partial charge is 0.494 e. The second-order valence-electron chi connectivity index (χ2n) is 9.28. The van der Waals surface area contributed by atoms with Crippen LogP contribution in [0.3, 0.4) is 0 Å². The second-order valence-corrected chi connectivity index (χ2v) is 9.67. The second kappa shape index (κ2) is 12.7. The van der Waals surface area contributed by atoms with Crippen molar-refractivity contribution in [3.8, 4) is 11.7 Å². The third-order valence-corrected chi connectivity index (χ3v) is 6.72. The maximum Gasteiger partial charge on any atom is 0.238 e. The Morgan fingerprint density at radius 2 is 2.00 bits per heavy atom. The van der Waals surface area contributed by atoms with E-state index in [0.717, 1.165) is 23.6 Å². The fourth-order valence-corrected chi connectivity index (χ4v) is 4.82. The summed E-state index contributed by atoms with van der Waals surface area (Å²) >= 11 is 6.41. The fraction of sp³-hybridized carbons (Fsp3) is 0.321. The summed E-state index contributed by atoms with van der Waals surface area (Å²) in [6, 6.07) is 15.3. The molecule has 1 aromatic carbocycles. The first kappa shape index (κ1) is 26.6. The highest BCUT2D eigenvalue weighted by molar-refractivity contribution is 6.29. The van der Waals surface area contributed by atoms with Crippen LogP contribution in [-0.4, -0.2) is 67.6 Å². The molecule has 39 heavy (non-hydrogen) atoms. The number of piperazine rings is 1. The molecule has 0 radical (unpaired) electrons. The molecule has 0 bridgehead atoms. The van der Waals surface area contributed by atoms with Crippen LogP contribution in [0.2, 0.25) is 5.15 Å². The van der Waals surface area contributed by atoms with E-state index in [1.807, 2.05) is 49.4 Å². The van der Waals surface area contributed by atoms with E-state index in [2.05, 4.69) is 30.1 Å². The van der Waals surface area contributed by atoms with Crippen LogP contribution in [0, 0.1) is 0 Å². The summed E-state index contributed by atoms with van der Waals surface area (Å²) < 4.78 is 7.22. The van der Waals surface area contributed by atoms with Crippen molar-refractivity contribution in [1.29, 1.82) is 0 Å². The first-order valence-electron chi connectivity index (χ1n) is 13.0. The molecule has 0 spiro atoms. The molecule has 10 nitrogen and oxygen atoms in total. The van der Waals surface area contributed by atoms with Crippen LogP contribution in [0.5, 0.6) is 5.75 Å². The Bertz CT molecular complexity index is 1350. The summed E-state index contributed by atoms with van der Waals surface area (Å²) in [6.07, 6.45) is 7.17. The minimum Gasteiger partial charge on any atom is -0.494 e. The Morgan fingerprint density at radius 1 is 1.13 bits per heavy atom. The molecule has 0 saturated carbocycles. The van der Waals surface area contributed by atoms with Gasteiger partial charge in [-0.05, 0) is 36.8 Å². The van der Waals surface area contributed by atoms with Crippen LogP contribution in [0.4, 0.5) is 5.82 Å². The van der Waals surface area contributed by atoms with Gasteiger partial charge in [0.15, 0.2) is 0 Å². The van der Waals surface area contributed by atoms with Crippen molar-refractivity contribution in [2.24, 2.45) is 0 Å². The van der Waals surface area contributed by atoms with Crippen molar-refractivity contribution in [3.63, 3.8) is 0 Å². The van der Waals surface area contributed by atoms with Crippen LogP contribution in [0.25, 0.3) is 5.95 Å². The predicted molar refractivity (Wildman–Crippen MR) is 149 cm³/mol. The zero-order valence-electron chi connectivity index (χ0n) is 21.8. The number of pyridine rings is 1. The number of rotatable bonds is 10. The average Bonchev–Trinajstić information content (AvgIpc) is 3.49. The summed E-state index contributed by atoms with van der Waals surface area (Å²) in [5.41, 5.74) is 2.01. The van der Waals surface area contributed by atoms with Crippen molar-refractivity contribution in [2.75, 3.05) is 31.1 Å². The molecule has 1 N–H and O–H groups in total. The van der Waals surface area contributed by atoms with Gasteiger partial charge in [0.2, 0.25) is 11.9 Å². The summed E-state index contributed by atoms with van der Waals surface area (Å²) in [5.74, 6) is 1.90. The molecule has 4 heterocycles. The lowest BCUT2D eigenvalue weighted by molar-refractivity contribution is -0.121. The van der Waals surface area contributed by atoms with Gasteiger partial charge < -0.3 is 15.0 Å². The monoisotopic (exact) mass is 546 g/mol. The van der Waals surface area contributed by atoms with Crippen molar-refractivity contribution in [2.45, 2.75) is 32.5 Å². The minimum atomic E-state index is -0.121. The van der Waals surface area contributed by atoms with Gasteiger partial charge in [0.1, 0.15) is 23.0 Å². The molecule has 1 saturated heterocycles. The molecular weight excluding hydrogens is 516 g/mol. The quantitative estimate of drug-likeness (QED) is 0.302. The number of amides is 1. The molecule has 1 aliphatic rings. The summed E-state index contributed by atoms with van der Waals surface area (Å²) in [4.78, 5) is 35.3. The van der Waals surface area contributed by atoms with Gasteiger partial charge in [-0.3, -0.25) is 19.2 Å². The highest BCUT2D eigenvalue weighted by Gasteiger charge is 2.30. The van der Waals surface area contributed by atoms with E-state index in [4.69, 9.17) is 21.3 Å². The number of anilines is 1. The van der Waals surface area contributed by atoms with Gasteiger partial charge in [-0.15, -0.1) is 0 Å². The van der Waals surface area contributed by atoms with Crippen LogP contribution in [0.15, 0.2) is 73.4 Å². The molecule has 1 fully saturated rings. The number of aromatic nitrogens is 5. The number of imidazole rings is 1. The van der Waals surface area contributed by atoms with Crippen molar-refractivity contribution in [1.82, 2.24) is 34.7 Å². The normalized spacial score (nSPS) is 15.7. The number of hydrogen-bond acceptors (Lipinski definition) is 8. The van der Waals surface area contributed by atoms with E-state index >= 15 is 0 Å². The summed E-state index contributed by atoms with van der Waals surface area (Å²) in [5, 5.41) is 3.40. The van der Waals surface area contributed by atoms with Crippen molar-refractivity contribution in [3.05, 3.63) is 89.9 Å². The molecule has 1 aliphatic heterocycles. The van der Waals surface area contributed by atoms with Gasteiger partial charge in [0.25, 0.3) is 0 Å². The SMILES string of the molecule is CCOc1ccc(CNC(=O)CC2CN(Cc3ccccn3)CCN2c2cc(Cl)nc(-n3ccnc3)n2)cc1. The molecule has 202 valence electrons. The van der Waals surface area contributed by atoms with Gasteiger partial charge in [-0.1, -0.05) is 29.8 Å². The highest BCUT2D eigenvalue weighted by atomic mass is 35.5. The fourth-order valence-electron chi connectivity index (χ4n) is 4.65. The van der Waals surface area contributed by atoms with Crippen LogP contribution < -0.4 is 15.0 Å². The molecule has 11 heteroatoms. The number of nitrogens with one attached hydrogen (secondary N) is 1. The van der Waals surface area contributed by atoms with Crippen molar-refractivity contribution >= 4 is 23.3 Å². The third kappa shape index (κ3) is 7.10. The van der Waals surface area contributed by atoms with Gasteiger partial charge >= 0.3 is 0 Å². The maximum absolute atomic E-state index is 13.2. The van der Waals surface area contributed by atoms with E-state index < -0.39 is 0 Å². The molecule has 1 atom stereocenters. The number of nitrogens with zero attached hydrogens (tertiary/aromatic N) is 7. The van der Waals surface area contributed by atoms with Crippen LogP contribution in [-0.2, 0) is 17.9 Å². The number of halogens is 1. The Morgan fingerprint density at radius 3 is 2.74 bits per heavy atom. The van der Waals surface area contributed by atoms with E-state index in [1.54, 1.807) is 35.6 Å². The lowest BCUT2D eigenvalue weighted by atomic mass is 10.1. The lowest BCUT2D eigenvalue weighted by Gasteiger charge is -2.42. The van der Waals surface area contributed by atoms with Crippen LogP contribution >= 0.6 is 11.6 Å². The number of hydrogen-bond donors (Lipinski definition) is 1. The zero-order valence-corrected chi connectivity index (χ0v) is 22.5. The number of carbonyl (C=O) groups excluding carboxylic acids is 1. The van der Waals surface area contributed by atoms with Crippen molar-refractivity contribution < 1.29 is 9.53 Å². The number of benzene rings is 1. The minimum absolute atomic E-state index is 0.0337. The third-order valence-electron chi connectivity index (χ3n) is 6.52. The van der Waals surface area contributed by atoms with Gasteiger partial charge in [-0.2, -0.15) is 4.98 Å². The molecule has 1 amide bonds. The van der Waals surface area contributed by atoms with E-state index in [0.29, 0.717) is 56.1 Å².